The van der Waals surface area contributed by atoms with Crippen LogP contribution in [0.25, 0.3) is 0 Å². The van der Waals surface area contributed by atoms with Crippen LogP contribution < -0.4 is 11.1 Å². The number of hydrogen-bond donors (Lipinski definition) is 2. The lowest BCUT2D eigenvalue weighted by Crippen LogP contribution is -2.13. The highest BCUT2D eigenvalue weighted by Gasteiger charge is 2.11. The van der Waals surface area contributed by atoms with Crippen molar-refractivity contribution in [1.82, 2.24) is 0 Å². The van der Waals surface area contributed by atoms with Gasteiger partial charge in [0, 0.05) is 20.9 Å². The number of nitrogens with two attached hydrogens (primary N) is 1. The molecule has 0 bridgehead atoms. The number of halogens is 2. The molecule has 0 atom stereocenters. The summed E-state index contributed by atoms with van der Waals surface area (Å²) in [5.74, 6) is -0.211. The van der Waals surface area contributed by atoms with Crippen LogP contribution in [-0.4, -0.2) is 5.91 Å². The highest BCUT2D eigenvalue weighted by atomic mass is 79.9. The molecule has 0 unspecified atom stereocenters. The van der Waals surface area contributed by atoms with Gasteiger partial charge in [-0.1, -0.05) is 17.7 Å². The fourth-order valence-electron chi connectivity index (χ4n) is 1.64. The predicted octanol–water partition coefficient (Wildman–Crippen LogP) is 4.25. The first-order chi connectivity index (χ1) is 8.97. The maximum absolute atomic E-state index is 12.2. The highest BCUT2D eigenvalue weighted by Crippen LogP contribution is 2.24. The van der Waals surface area contributed by atoms with Gasteiger partial charge in [-0.05, 0) is 58.7 Å². The van der Waals surface area contributed by atoms with Gasteiger partial charge in [0.15, 0.2) is 0 Å². The van der Waals surface area contributed by atoms with Gasteiger partial charge in [-0.15, -0.1) is 0 Å². The zero-order valence-electron chi connectivity index (χ0n) is 10.2. The SMILES string of the molecule is Cc1ccc(N)cc1NC(=O)c1ccc(Cl)cc1Br. The minimum absolute atomic E-state index is 0.211. The van der Waals surface area contributed by atoms with Crippen molar-refractivity contribution >= 4 is 44.8 Å². The van der Waals surface area contributed by atoms with Crippen LogP contribution in [-0.2, 0) is 0 Å². The van der Waals surface area contributed by atoms with Crippen molar-refractivity contribution in [2.75, 3.05) is 11.1 Å². The first kappa shape index (κ1) is 13.9. The summed E-state index contributed by atoms with van der Waals surface area (Å²) in [6.07, 6.45) is 0. The second-order valence-corrected chi connectivity index (χ2v) is 5.44. The smallest absolute Gasteiger partial charge is 0.256 e. The van der Waals surface area contributed by atoms with Gasteiger partial charge in [0.25, 0.3) is 5.91 Å². The molecule has 3 nitrogen and oxygen atoms in total. The van der Waals surface area contributed by atoms with E-state index in [2.05, 4.69) is 21.2 Å². The van der Waals surface area contributed by atoms with Gasteiger partial charge in [-0.25, -0.2) is 0 Å². The van der Waals surface area contributed by atoms with Crippen LogP contribution in [0.4, 0.5) is 11.4 Å². The Labute approximate surface area is 124 Å². The summed E-state index contributed by atoms with van der Waals surface area (Å²) >= 11 is 9.17. The second-order valence-electron chi connectivity index (χ2n) is 4.15. The molecule has 0 aromatic heterocycles. The highest BCUT2D eigenvalue weighted by molar-refractivity contribution is 9.10. The van der Waals surface area contributed by atoms with Crippen molar-refractivity contribution in [3.8, 4) is 0 Å². The van der Waals surface area contributed by atoms with Gasteiger partial charge in [-0.2, -0.15) is 0 Å². The molecule has 0 heterocycles. The Morgan fingerprint density at radius 1 is 1.26 bits per heavy atom. The maximum atomic E-state index is 12.2. The van der Waals surface area contributed by atoms with Crippen LogP contribution in [0, 0.1) is 6.92 Å². The number of carbonyl (C=O) groups excluding carboxylic acids is 1. The molecule has 0 aliphatic carbocycles. The fraction of sp³-hybridized carbons (Fsp3) is 0.0714. The van der Waals surface area contributed by atoms with Crippen molar-refractivity contribution in [3.63, 3.8) is 0 Å². The fourth-order valence-corrected chi connectivity index (χ4v) is 2.50. The molecule has 0 fully saturated rings. The van der Waals surface area contributed by atoms with Gasteiger partial charge in [0.1, 0.15) is 0 Å². The molecule has 2 aromatic carbocycles. The summed E-state index contributed by atoms with van der Waals surface area (Å²) in [6.45, 7) is 1.91. The third kappa shape index (κ3) is 3.28. The van der Waals surface area contributed by atoms with Gasteiger partial charge < -0.3 is 11.1 Å². The number of nitrogen functional groups attached to an aromatic ring is 1. The standard InChI is InChI=1S/C14H12BrClN2O/c1-8-2-4-10(17)7-13(8)18-14(19)11-5-3-9(16)6-12(11)15/h2-7H,17H2,1H3,(H,18,19). The normalized spacial score (nSPS) is 10.3. The van der Waals surface area contributed by atoms with Gasteiger partial charge in [0.2, 0.25) is 0 Å². The zero-order chi connectivity index (χ0) is 14.0. The molecule has 0 aliphatic heterocycles. The van der Waals surface area contributed by atoms with Crippen LogP contribution >= 0.6 is 27.5 Å². The van der Waals surface area contributed by atoms with Gasteiger partial charge >= 0.3 is 0 Å². The number of nitrogens with one attached hydrogen (secondary N) is 1. The first-order valence-electron chi connectivity index (χ1n) is 5.60. The lowest BCUT2D eigenvalue weighted by Gasteiger charge is -2.10. The van der Waals surface area contributed by atoms with Crippen molar-refractivity contribution in [3.05, 3.63) is 57.0 Å². The Bertz CT molecular complexity index is 643. The third-order valence-electron chi connectivity index (χ3n) is 2.69. The summed E-state index contributed by atoms with van der Waals surface area (Å²) in [6, 6.07) is 10.4. The van der Waals surface area contributed by atoms with E-state index in [4.69, 9.17) is 17.3 Å². The van der Waals surface area contributed by atoms with E-state index < -0.39 is 0 Å². The Kier molecular flexibility index (Phi) is 4.12. The van der Waals surface area contributed by atoms with E-state index >= 15 is 0 Å². The molecule has 0 saturated heterocycles. The van der Waals surface area contributed by atoms with E-state index in [9.17, 15) is 4.79 Å². The molecule has 98 valence electrons. The number of anilines is 2. The lowest BCUT2D eigenvalue weighted by atomic mass is 10.1. The quantitative estimate of drug-likeness (QED) is 0.804. The molecule has 0 aliphatic rings. The summed E-state index contributed by atoms with van der Waals surface area (Å²) in [5, 5.41) is 3.41. The van der Waals surface area contributed by atoms with Crippen molar-refractivity contribution < 1.29 is 4.79 Å². The number of amides is 1. The average Bonchev–Trinajstić information content (AvgIpc) is 2.33. The summed E-state index contributed by atoms with van der Waals surface area (Å²) < 4.78 is 0.652. The van der Waals surface area contributed by atoms with Crippen LogP contribution in [0.3, 0.4) is 0 Å². The van der Waals surface area contributed by atoms with Crippen LogP contribution in [0.5, 0.6) is 0 Å². The van der Waals surface area contributed by atoms with E-state index in [0.717, 1.165) is 5.56 Å². The molecule has 3 N–H and O–H groups in total. The molecule has 5 heteroatoms. The number of hydrogen-bond acceptors (Lipinski definition) is 2. The second kappa shape index (κ2) is 5.63. The molecule has 0 saturated carbocycles. The minimum Gasteiger partial charge on any atom is -0.399 e. The van der Waals surface area contributed by atoms with Gasteiger partial charge in [-0.3, -0.25) is 4.79 Å². The molecule has 2 rings (SSSR count). The number of rotatable bonds is 2. The number of carbonyl (C=O) groups is 1. The van der Waals surface area contributed by atoms with Crippen molar-refractivity contribution in [2.45, 2.75) is 6.92 Å². The maximum Gasteiger partial charge on any atom is 0.256 e. The van der Waals surface area contributed by atoms with Crippen molar-refractivity contribution in [1.29, 1.82) is 0 Å². The third-order valence-corrected chi connectivity index (χ3v) is 3.58. The molecule has 0 radical (unpaired) electrons. The topological polar surface area (TPSA) is 55.1 Å². The number of benzene rings is 2. The first-order valence-corrected chi connectivity index (χ1v) is 6.77. The Hall–Kier alpha value is -1.52. The predicted molar refractivity (Wildman–Crippen MR) is 82.7 cm³/mol. The van der Waals surface area contributed by atoms with Crippen LogP contribution in [0.2, 0.25) is 5.02 Å². The molecule has 1 amide bonds. The van der Waals surface area contributed by atoms with E-state index in [1.165, 1.54) is 0 Å². The molecule has 19 heavy (non-hydrogen) atoms. The zero-order valence-corrected chi connectivity index (χ0v) is 12.5. The largest absolute Gasteiger partial charge is 0.399 e. The summed E-state index contributed by atoms with van der Waals surface area (Å²) in [5.41, 5.74) is 8.49. The van der Waals surface area contributed by atoms with Crippen LogP contribution in [0.15, 0.2) is 40.9 Å². The van der Waals surface area contributed by atoms with E-state index in [1.807, 2.05) is 13.0 Å². The summed E-state index contributed by atoms with van der Waals surface area (Å²) in [7, 11) is 0. The van der Waals surface area contributed by atoms with Gasteiger partial charge in [0.05, 0.1) is 5.56 Å². The Morgan fingerprint density at radius 3 is 2.68 bits per heavy atom. The average molecular weight is 340 g/mol. The van der Waals surface area contributed by atoms with Crippen molar-refractivity contribution in [2.24, 2.45) is 0 Å². The minimum atomic E-state index is -0.211. The van der Waals surface area contributed by atoms with Crippen LogP contribution in [0.1, 0.15) is 15.9 Å². The number of aryl methyl sites for hydroxylation is 1. The molecule has 2 aromatic rings. The monoisotopic (exact) mass is 338 g/mol. The Balaban J connectivity index is 2.28. The summed E-state index contributed by atoms with van der Waals surface area (Å²) in [4.78, 5) is 12.2. The lowest BCUT2D eigenvalue weighted by molar-refractivity contribution is 0.102. The van der Waals surface area contributed by atoms with E-state index in [1.54, 1.807) is 30.3 Å². The van der Waals surface area contributed by atoms with E-state index in [0.29, 0.717) is 26.4 Å². The molecular weight excluding hydrogens is 328 g/mol. The molecular formula is C14H12BrClN2O. The van der Waals surface area contributed by atoms with E-state index in [-0.39, 0.29) is 5.91 Å². The Morgan fingerprint density at radius 2 is 2.00 bits per heavy atom. The molecule has 0 spiro atoms.